The molecule has 0 aliphatic rings. The molecule has 0 aromatic rings. The lowest BCUT2D eigenvalue weighted by Gasteiger charge is -2.18. The molecular formula is C69H112O6. The number of hydrogen-bond donors (Lipinski definition) is 0. The average Bonchev–Trinajstić information content (AvgIpc) is 3.41. The van der Waals surface area contributed by atoms with E-state index < -0.39 is 6.10 Å². The van der Waals surface area contributed by atoms with E-state index in [9.17, 15) is 14.4 Å². The predicted molar refractivity (Wildman–Crippen MR) is 325 cm³/mol. The molecule has 0 aromatic carbocycles. The van der Waals surface area contributed by atoms with E-state index >= 15 is 0 Å². The van der Waals surface area contributed by atoms with Gasteiger partial charge >= 0.3 is 17.9 Å². The standard InChI is InChI=1S/C69H112O6/c1-4-7-10-13-16-19-22-25-28-31-34-37-40-43-46-49-52-55-58-61-67(70)73-64-66(75-69(72)63-60-57-54-51-48-45-42-39-36-33-30-27-24-21-18-15-12-9-6-3)65-74-68(71)62-59-56-53-50-47-44-41-38-35-32-29-26-23-20-17-14-11-8-5-2/h7,10,16-21,25-30,34,36-37,39,43,45-46,48,66H,4-6,8-9,11-15,22-24,31-33,35,38,40-42,44,47,49-65H2,1-3H3/b10-7+,19-16+,20-17+,21-18+,28-25+,29-26+,30-27+,37-34+,39-36+,46-43+,48-45+/t66-/m0/s1. The van der Waals surface area contributed by atoms with Crippen molar-refractivity contribution in [3.8, 4) is 0 Å². The van der Waals surface area contributed by atoms with Gasteiger partial charge in [-0.05, 0) is 141 Å². The molecule has 0 unspecified atom stereocenters. The van der Waals surface area contributed by atoms with Crippen molar-refractivity contribution in [3.63, 3.8) is 0 Å². The van der Waals surface area contributed by atoms with Crippen LogP contribution in [0.2, 0.25) is 0 Å². The largest absolute Gasteiger partial charge is 0.462 e. The molecule has 424 valence electrons. The van der Waals surface area contributed by atoms with Crippen LogP contribution in [0, 0.1) is 0 Å². The van der Waals surface area contributed by atoms with E-state index in [1.165, 1.54) is 96.3 Å². The van der Waals surface area contributed by atoms with Crippen molar-refractivity contribution >= 4 is 17.9 Å². The van der Waals surface area contributed by atoms with Gasteiger partial charge in [0.05, 0.1) is 0 Å². The Hall–Kier alpha value is -4.45. The SMILES string of the molecule is CC/C=C/C/C=C/C/C=C/C/C=C/C/C=C/CCCCCC(=O)OC[C@@H](COC(=O)CCCCCCCCCCC/C=C/C/C=C/CCCCC)OC(=O)CCCCC/C=C/C/C=C/C/C=C/C/C=C/CCCCC. The van der Waals surface area contributed by atoms with Crippen LogP contribution in [0.4, 0.5) is 0 Å². The van der Waals surface area contributed by atoms with Gasteiger partial charge in [0.1, 0.15) is 13.2 Å². The first kappa shape index (κ1) is 70.5. The van der Waals surface area contributed by atoms with Crippen molar-refractivity contribution in [2.75, 3.05) is 13.2 Å². The molecule has 0 saturated carbocycles. The lowest BCUT2D eigenvalue weighted by molar-refractivity contribution is -0.167. The number of hydrogen-bond acceptors (Lipinski definition) is 6. The summed E-state index contributed by atoms with van der Waals surface area (Å²) >= 11 is 0. The molecule has 0 spiro atoms. The van der Waals surface area contributed by atoms with E-state index in [1.807, 2.05) is 0 Å². The van der Waals surface area contributed by atoms with E-state index in [2.05, 4.69) is 154 Å². The summed E-state index contributed by atoms with van der Waals surface area (Å²) in [5.74, 6) is -0.977. The minimum atomic E-state index is -0.817. The minimum Gasteiger partial charge on any atom is -0.462 e. The van der Waals surface area contributed by atoms with Gasteiger partial charge in [0.2, 0.25) is 0 Å². The van der Waals surface area contributed by atoms with Crippen LogP contribution in [0.15, 0.2) is 134 Å². The number of carbonyl (C=O) groups excluding carboxylic acids is 3. The van der Waals surface area contributed by atoms with E-state index in [1.54, 1.807) is 0 Å². The summed E-state index contributed by atoms with van der Waals surface area (Å²) < 4.78 is 16.9. The summed E-state index contributed by atoms with van der Waals surface area (Å²) in [5, 5.41) is 0. The predicted octanol–water partition coefficient (Wildman–Crippen LogP) is 21.0. The molecule has 0 aliphatic heterocycles. The van der Waals surface area contributed by atoms with Gasteiger partial charge < -0.3 is 14.2 Å². The molecule has 75 heavy (non-hydrogen) atoms. The fourth-order valence-corrected chi connectivity index (χ4v) is 8.01. The first-order chi connectivity index (χ1) is 37.0. The minimum absolute atomic E-state index is 0.108. The molecular weight excluding hydrogens is 925 g/mol. The second-order valence-corrected chi connectivity index (χ2v) is 19.9. The van der Waals surface area contributed by atoms with Gasteiger partial charge in [0.15, 0.2) is 6.10 Å². The zero-order valence-corrected chi connectivity index (χ0v) is 48.5. The molecule has 0 aromatic heterocycles. The van der Waals surface area contributed by atoms with Crippen molar-refractivity contribution in [1.82, 2.24) is 0 Å². The van der Waals surface area contributed by atoms with Gasteiger partial charge in [-0.1, -0.05) is 238 Å². The van der Waals surface area contributed by atoms with Crippen LogP contribution in [0.5, 0.6) is 0 Å². The highest BCUT2D eigenvalue weighted by molar-refractivity contribution is 5.71. The van der Waals surface area contributed by atoms with E-state index in [4.69, 9.17) is 14.2 Å². The number of esters is 3. The summed E-state index contributed by atoms with van der Waals surface area (Å²) in [6, 6.07) is 0. The van der Waals surface area contributed by atoms with Gasteiger partial charge in [0.25, 0.3) is 0 Å². The molecule has 0 fully saturated rings. The third-order valence-electron chi connectivity index (χ3n) is 12.6. The molecule has 0 bridgehead atoms. The molecule has 0 saturated heterocycles. The van der Waals surface area contributed by atoms with Crippen LogP contribution in [-0.2, 0) is 28.6 Å². The van der Waals surface area contributed by atoms with Crippen molar-refractivity contribution in [2.45, 2.75) is 271 Å². The van der Waals surface area contributed by atoms with Gasteiger partial charge in [-0.2, -0.15) is 0 Å². The van der Waals surface area contributed by atoms with Gasteiger partial charge in [0, 0.05) is 19.3 Å². The highest BCUT2D eigenvalue weighted by atomic mass is 16.6. The molecule has 6 nitrogen and oxygen atoms in total. The second-order valence-electron chi connectivity index (χ2n) is 19.9. The summed E-state index contributed by atoms with van der Waals surface area (Å²) in [7, 11) is 0. The Labute approximate surface area is 462 Å². The number of rotatable bonds is 54. The molecule has 1 atom stereocenters. The number of unbranched alkanes of at least 4 members (excludes halogenated alkanes) is 21. The molecule has 0 N–H and O–H groups in total. The molecule has 0 radical (unpaired) electrons. The van der Waals surface area contributed by atoms with Crippen LogP contribution in [0.1, 0.15) is 265 Å². The molecule has 0 rings (SSSR count). The Morgan fingerprint density at radius 2 is 0.520 bits per heavy atom. The van der Waals surface area contributed by atoms with E-state index in [-0.39, 0.29) is 37.5 Å². The molecule has 0 aliphatic carbocycles. The third kappa shape index (κ3) is 60.3. The summed E-state index contributed by atoms with van der Waals surface area (Å²) in [5.41, 5.74) is 0. The van der Waals surface area contributed by atoms with Crippen LogP contribution in [-0.4, -0.2) is 37.2 Å². The number of carbonyl (C=O) groups is 3. The Bertz CT molecular complexity index is 1620. The topological polar surface area (TPSA) is 78.9 Å². The first-order valence-electron chi connectivity index (χ1n) is 30.7. The van der Waals surface area contributed by atoms with Crippen molar-refractivity contribution < 1.29 is 28.6 Å². The quantitative estimate of drug-likeness (QED) is 0.0261. The normalized spacial score (nSPS) is 13.1. The van der Waals surface area contributed by atoms with Crippen molar-refractivity contribution in [2.24, 2.45) is 0 Å². The van der Waals surface area contributed by atoms with Crippen LogP contribution < -0.4 is 0 Å². The van der Waals surface area contributed by atoms with Crippen LogP contribution >= 0.6 is 0 Å². The highest BCUT2D eigenvalue weighted by Crippen LogP contribution is 2.14. The lowest BCUT2D eigenvalue weighted by Crippen LogP contribution is -2.30. The maximum atomic E-state index is 12.9. The first-order valence-corrected chi connectivity index (χ1v) is 30.7. The zero-order valence-electron chi connectivity index (χ0n) is 48.5. The fraction of sp³-hybridized carbons (Fsp3) is 0.638. The average molecular weight is 1040 g/mol. The monoisotopic (exact) mass is 1040 g/mol. The van der Waals surface area contributed by atoms with Crippen LogP contribution in [0.25, 0.3) is 0 Å². The summed E-state index contributed by atoms with van der Waals surface area (Å²) in [4.78, 5) is 38.3. The maximum absolute atomic E-state index is 12.9. The van der Waals surface area contributed by atoms with Crippen molar-refractivity contribution in [1.29, 1.82) is 0 Å². The number of allylic oxidation sites excluding steroid dienone is 22. The summed E-state index contributed by atoms with van der Waals surface area (Å²) in [6.45, 7) is 6.42. The Morgan fingerprint density at radius 1 is 0.280 bits per heavy atom. The Morgan fingerprint density at radius 3 is 0.827 bits per heavy atom. The molecule has 6 heteroatoms. The van der Waals surface area contributed by atoms with Crippen LogP contribution in [0.3, 0.4) is 0 Å². The number of ether oxygens (including phenoxy) is 3. The van der Waals surface area contributed by atoms with Gasteiger partial charge in [-0.15, -0.1) is 0 Å². The van der Waals surface area contributed by atoms with E-state index in [0.717, 1.165) is 122 Å². The fourth-order valence-electron chi connectivity index (χ4n) is 8.01. The highest BCUT2D eigenvalue weighted by Gasteiger charge is 2.19. The lowest BCUT2D eigenvalue weighted by atomic mass is 10.1. The second kappa shape index (κ2) is 62.1. The zero-order chi connectivity index (χ0) is 54.3. The Kier molecular flexibility index (Phi) is 58.4. The molecule has 0 heterocycles. The molecule has 0 amide bonds. The van der Waals surface area contributed by atoms with Crippen molar-refractivity contribution in [3.05, 3.63) is 134 Å². The smallest absolute Gasteiger partial charge is 0.306 e. The van der Waals surface area contributed by atoms with Gasteiger partial charge in [-0.25, -0.2) is 0 Å². The maximum Gasteiger partial charge on any atom is 0.306 e. The van der Waals surface area contributed by atoms with E-state index in [0.29, 0.717) is 19.3 Å². The third-order valence-corrected chi connectivity index (χ3v) is 12.6. The van der Waals surface area contributed by atoms with Gasteiger partial charge in [-0.3, -0.25) is 14.4 Å². The summed E-state index contributed by atoms with van der Waals surface area (Å²) in [6.07, 6.45) is 87.2. The Balaban J connectivity index is 4.54.